The number of anilines is 1. The summed E-state index contributed by atoms with van der Waals surface area (Å²) in [5.74, 6) is 1.69. The number of aryl methyl sites for hydroxylation is 1. The number of para-hydroxylation sites is 1. The standard InChI is InChI=1S/C21H22N4O2S/c1-4-12-24(17-9-7-6-8-10-17)19(26)15-28-21-23-22-20(25(21)13-5-2)18-11-14-27-16(18)3/h4-11,14H,1-2,12-13,15H2,3H3. The lowest BCUT2D eigenvalue weighted by Crippen LogP contribution is -2.32. The Hall–Kier alpha value is -3.06. The molecule has 0 radical (unpaired) electrons. The number of amides is 1. The van der Waals surface area contributed by atoms with E-state index in [4.69, 9.17) is 4.42 Å². The molecule has 6 nitrogen and oxygen atoms in total. The van der Waals surface area contributed by atoms with Gasteiger partial charge in [0.05, 0.1) is 17.6 Å². The van der Waals surface area contributed by atoms with Crippen LogP contribution >= 0.6 is 11.8 Å². The predicted molar refractivity (Wildman–Crippen MR) is 112 cm³/mol. The Labute approximate surface area is 168 Å². The second-order valence-corrected chi connectivity index (χ2v) is 6.96. The Bertz CT molecular complexity index is 962. The first kappa shape index (κ1) is 19.7. The summed E-state index contributed by atoms with van der Waals surface area (Å²) in [4.78, 5) is 14.5. The highest BCUT2D eigenvalue weighted by Crippen LogP contribution is 2.27. The molecule has 0 saturated carbocycles. The summed E-state index contributed by atoms with van der Waals surface area (Å²) in [6.07, 6.45) is 5.12. The van der Waals surface area contributed by atoms with Crippen LogP contribution in [-0.4, -0.2) is 33.0 Å². The average molecular weight is 395 g/mol. The summed E-state index contributed by atoms with van der Waals surface area (Å²) in [6, 6.07) is 11.4. The van der Waals surface area contributed by atoms with E-state index in [0.717, 1.165) is 17.0 Å². The summed E-state index contributed by atoms with van der Waals surface area (Å²) in [5.41, 5.74) is 1.72. The molecule has 3 rings (SSSR count). The van der Waals surface area contributed by atoms with Gasteiger partial charge in [-0.05, 0) is 25.1 Å². The fourth-order valence-electron chi connectivity index (χ4n) is 2.80. The molecule has 144 valence electrons. The SMILES string of the molecule is C=CCN(C(=O)CSc1nnc(-c2ccoc2C)n1CC=C)c1ccccc1. The molecule has 0 bridgehead atoms. The lowest BCUT2D eigenvalue weighted by Gasteiger charge is -2.21. The van der Waals surface area contributed by atoms with Crippen molar-refractivity contribution < 1.29 is 9.21 Å². The first-order valence-corrected chi connectivity index (χ1v) is 9.82. The van der Waals surface area contributed by atoms with E-state index in [-0.39, 0.29) is 11.7 Å². The molecule has 2 aromatic heterocycles. The maximum Gasteiger partial charge on any atom is 0.237 e. The quantitative estimate of drug-likeness (QED) is 0.399. The summed E-state index contributed by atoms with van der Waals surface area (Å²) in [7, 11) is 0. The smallest absolute Gasteiger partial charge is 0.237 e. The molecule has 28 heavy (non-hydrogen) atoms. The molecule has 0 aliphatic rings. The molecular weight excluding hydrogens is 372 g/mol. The molecule has 1 aromatic carbocycles. The number of nitrogens with zero attached hydrogens (tertiary/aromatic N) is 4. The van der Waals surface area contributed by atoms with E-state index >= 15 is 0 Å². The monoisotopic (exact) mass is 394 g/mol. The van der Waals surface area contributed by atoms with Crippen molar-refractivity contribution in [2.24, 2.45) is 0 Å². The average Bonchev–Trinajstić information content (AvgIpc) is 3.31. The third-order valence-electron chi connectivity index (χ3n) is 4.13. The maximum absolute atomic E-state index is 12.8. The molecule has 0 saturated heterocycles. The Morgan fingerprint density at radius 1 is 1.21 bits per heavy atom. The predicted octanol–water partition coefficient (Wildman–Crippen LogP) is 4.34. The van der Waals surface area contributed by atoms with Gasteiger partial charge in [0.15, 0.2) is 11.0 Å². The van der Waals surface area contributed by atoms with Crippen molar-refractivity contribution in [1.82, 2.24) is 14.8 Å². The van der Waals surface area contributed by atoms with Crippen LogP contribution < -0.4 is 4.90 Å². The lowest BCUT2D eigenvalue weighted by molar-refractivity contribution is -0.116. The van der Waals surface area contributed by atoms with E-state index in [1.807, 2.05) is 47.9 Å². The number of thioether (sulfide) groups is 1. The van der Waals surface area contributed by atoms with Gasteiger partial charge in [-0.15, -0.1) is 23.4 Å². The second kappa shape index (κ2) is 9.23. The molecule has 2 heterocycles. The number of furan rings is 1. The number of rotatable bonds is 9. The number of carbonyl (C=O) groups excluding carboxylic acids is 1. The molecule has 0 atom stereocenters. The van der Waals surface area contributed by atoms with Crippen LogP contribution in [0.1, 0.15) is 5.76 Å². The minimum atomic E-state index is -0.0229. The van der Waals surface area contributed by atoms with Crippen molar-refractivity contribution in [2.75, 3.05) is 17.2 Å². The molecule has 0 aliphatic carbocycles. The van der Waals surface area contributed by atoms with Crippen LogP contribution in [0.5, 0.6) is 0 Å². The summed E-state index contributed by atoms with van der Waals surface area (Å²) < 4.78 is 7.32. The second-order valence-electron chi connectivity index (χ2n) is 6.01. The van der Waals surface area contributed by atoms with Gasteiger partial charge in [0.1, 0.15) is 5.76 Å². The zero-order chi connectivity index (χ0) is 19.9. The first-order chi connectivity index (χ1) is 13.7. The van der Waals surface area contributed by atoms with Crippen molar-refractivity contribution in [2.45, 2.75) is 18.6 Å². The molecule has 7 heteroatoms. The highest BCUT2D eigenvalue weighted by Gasteiger charge is 2.20. The number of aromatic nitrogens is 3. The fourth-order valence-corrected chi connectivity index (χ4v) is 3.62. The number of carbonyl (C=O) groups is 1. The molecule has 0 spiro atoms. The van der Waals surface area contributed by atoms with Gasteiger partial charge in [-0.1, -0.05) is 42.1 Å². The third-order valence-corrected chi connectivity index (χ3v) is 5.09. The Morgan fingerprint density at radius 3 is 2.64 bits per heavy atom. The topological polar surface area (TPSA) is 64.2 Å². The van der Waals surface area contributed by atoms with Crippen LogP contribution in [0.4, 0.5) is 5.69 Å². The highest BCUT2D eigenvalue weighted by atomic mass is 32.2. The van der Waals surface area contributed by atoms with E-state index in [1.165, 1.54) is 11.8 Å². The Kier molecular flexibility index (Phi) is 6.49. The van der Waals surface area contributed by atoms with E-state index < -0.39 is 0 Å². The van der Waals surface area contributed by atoms with Crippen LogP contribution in [0.2, 0.25) is 0 Å². The van der Waals surface area contributed by atoms with Crippen LogP contribution in [-0.2, 0) is 11.3 Å². The number of allylic oxidation sites excluding steroid dienone is 1. The molecule has 3 aromatic rings. The molecule has 0 fully saturated rings. The first-order valence-electron chi connectivity index (χ1n) is 8.83. The largest absolute Gasteiger partial charge is 0.469 e. The minimum absolute atomic E-state index is 0.0229. The van der Waals surface area contributed by atoms with E-state index in [1.54, 1.807) is 23.3 Å². The highest BCUT2D eigenvalue weighted by molar-refractivity contribution is 7.99. The number of hydrogen-bond donors (Lipinski definition) is 0. The zero-order valence-electron chi connectivity index (χ0n) is 15.7. The number of hydrogen-bond acceptors (Lipinski definition) is 5. The van der Waals surface area contributed by atoms with Crippen molar-refractivity contribution in [3.63, 3.8) is 0 Å². The van der Waals surface area contributed by atoms with Crippen molar-refractivity contribution in [1.29, 1.82) is 0 Å². The van der Waals surface area contributed by atoms with E-state index in [2.05, 4.69) is 23.4 Å². The van der Waals surface area contributed by atoms with Crippen molar-refractivity contribution in [3.05, 3.63) is 73.7 Å². The van der Waals surface area contributed by atoms with Gasteiger partial charge < -0.3 is 9.32 Å². The van der Waals surface area contributed by atoms with Gasteiger partial charge >= 0.3 is 0 Å². The van der Waals surface area contributed by atoms with E-state index in [9.17, 15) is 4.79 Å². The third kappa shape index (κ3) is 4.26. The maximum atomic E-state index is 12.8. The molecular formula is C21H22N4O2S. The molecule has 1 amide bonds. The minimum Gasteiger partial charge on any atom is -0.469 e. The van der Waals surface area contributed by atoms with Crippen molar-refractivity contribution >= 4 is 23.4 Å². The lowest BCUT2D eigenvalue weighted by atomic mass is 10.2. The van der Waals surface area contributed by atoms with Gasteiger partial charge in [-0.25, -0.2) is 0 Å². The van der Waals surface area contributed by atoms with Crippen molar-refractivity contribution in [3.8, 4) is 11.4 Å². The van der Waals surface area contributed by atoms with Gasteiger partial charge in [-0.3, -0.25) is 9.36 Å². The van der Waals surface area contributed by atoms with Crippen LogP contribution in [0.25, 0.3) is 11.4 Å². The van der Waals surface area contributed by atoms with E-state index in [0.29, 0.717) is 24.1 Å². The molecule has 0 N–H and O–H groups in total. The van der Waals surface area contributed by atoms with Gasteiger partial charge in [0, 0.05) is 18.8 Å². The zero-order valence-corrected chi connectivity index (χ0v) is 16.6. The van der Waals surface area contributed by atoms with Gasteiger partial charge in [0.25, 0.3) is 0 Å². The Balaban J connectivity index is 1.79. The van der Waals surface area contributed by atoms with Gasteiger partial charge in [-0.2, -0.15) is 0 Å². The Morgan fingerprint density at radius 2 is 2.00 bits per heavy atom. The van der Waals surface area contributed by atoms with Crippen LogP contribution in [0, 0.1) is 6.92 Å². The molecule has 0 unspecified atom stereocenters. The fraction of sp³-hybridized carbons (Fsp3) is 0.190. The summed E-state index contributed by atoms with van der Waals surface area (Å²) in [5, 5.41) is 9.24. The summed E-state index contributed by atoms with van der Waals surface area (Å²) >= 11 is 1.35. The summed E-state index contributed by atoms with van der Waals surface area (Å²) in [6.45, 7) is 10.4. The number of benzene rings is 1. The van der Waals surface area contributed by atoms with Crippen LogP contribution in [0.15, 0.2) is 77.5 Å². The molecule has 0 aliphatic heterocycles. The van der Waals surface area contributed by atoms with Crippen LogP contribution in [0.3, 0.4) is 0 Å². The van der Waals surface area contributed by atoms with Gasteiger partial charge in [0.2, 0.25) is 5.91 Å². The normalized spacial score (nSPS) is 10.6.